The molecule has 1 aliphatic heterocycles. The van der Waals surface area contributed by atoms with Crippen molar-refractivity contribution < 1.29 is 14.9 Å². The Morgan fingerprint density at radius 1 is 1.42 bits per heavy atom. The highest BCUT2D eigenvalue weighted by Gasteiger charge is 2.26. The number of nitrogens with one attached hydrogen (secondary N) is 1. The average molecular weight is 266 g/mol. The number of aliphatic hydroxyl groups excluding tert-OH is 2. The third-order valence-electron chi connectivity index (χ3n) is 2.87. The van der Waals surface area contributed by atoms with E-state index in [9.17, 15) is 9.59 Å². The highest BCUT2D eigenvalue weighted by Crippen LogP contribution is 2.26. The molecule has 102 valence electrons. The second kappa shape index (κ2) is 5.84. The molecule has 0 unspecified atom stereocenters. The molecule has 3 N–H and O–H groups in total. The van der Waals surface area contributed by atoms with Crippen LogP contribution < -0.4 is 11.2 Å². The molecule has 0 radical (unpaired) electrons. The number of nitrogens with zero attached hydrogens (tertiary/aromatic N) is 1. The van der Waals surface area contributed by atoms with Gasteiger partial charge < -0.3 is 14.9 Å². The zero-order valence-corrected chi connectivity index (χ0v) is 10.1. The lowest BCUT2D eigenvalue weighted by atomic mass is 10.2. The van der Waals surface area contributed by atoms with Crippen molar-refractivity contribution >= 4 is 0 Å². The molecule has 0 aliphatic carbocycles. The van der Waals surface area contributed by atoms with Gasteiger partial charge in [0.2, 0.25) is 0 Å². The van der Waals surface area contributed by atoms with Crippen LogP contribution in [0, 0.1) is 11.8 Å². The van der Waals surface area contributed by atoms with Crippen molar-refractivity contribution in [2.45, 2.75) is 25.2 Å². The first-order valence-electron chi connectivity index (χ1n) is 5.87. The second-order valence-corrected chi connectivity index (χ2v) is 4.14. The van der Waals surface area contributed by atoms with E-state index in [1.165, 1.54) is 10.8 Å². The Balaban J connectivity index is 2.36. The van der Waals surface area contributed by atoms with E-state index in [0.29, 0.717) is 12.8 Å². The molecule has 1 aliphatic rings. The predicted octanol–water partition coefficient (Wildman–Crippen LogP) is -1.45. The van der Waals surface area contributed by atoms with E-state index in [1.54, 1.807) is 0 Å². The Labute approximate surface area is 108 Å². The molecule has 7 heteroatoms. The number of aromatic nitrogens is 2. The Kier molecular flexibility index (Phi) is 4.16. The summed E-state index contributed by atoms with van der Waals surface area (Å²) in [4.78, 5) is 25.4. The summed E-state index contributed by atoms with van der Waals surface area (Å²) in [6.07, 6.45) is 1.72. The van der Waals surface area contributed by atoms with E-state index in [-0.39, 0.29) is 24.9 Å². The molecule has 1 fully saturated rings. The highest BCUT2D eigenvalue weighted by molar-refractivity contribution is 5.29. The molecule has 0 saturated carbocycles. The van der Waals surface area contributed by atoms with E-state index in [4.69, 9.17) is 14.9 Å². The van der Waals surface area contributed by atoms with Gasteiger partial charge in [0.15, 0.2) is 0 Å². The molecule has 0 aromatic carbocycles. The van der Waals surface area contributed by atoms with E-state index in [2.05, 4.69) is 16.8 Å². The molecule has 19 heavy (non-hydrogen) atoms. The van der Waals surface area contributed by atoms with Crippen LogP contribution in [0.1, 0.15) is 24.6 Å². The lowest BCUT2D eigenvalue weighted by Gasteiger charge is -2.14. The van der Waals surface area contributed by atoms with E-state index in [0.717, 1.165) is 0 Å². The maximum Gasteiger partial charge on any atom is 0.330 e. The number of hydrogen-bond donors (Lipinski definition) is 3. The minimum atomic E-state index is -0.598. The first-order valence-corrected chi connectivity index (χ1v) is 5.87. The van der Waals surface area contributed by atoms with Crippen molar-refractivity contribution in [3.63, 3.8) is 0 Å². The van der Waals surface area contributed by atoms with Gasteiger partial charge in [-0.05, 0) is 12.8 Å². The Morgan fingerprint density at radius 3 is 2.84 bits per heavy atom. The van der Waals surface area contributed by atoms with Crippen molar-refractivity contribution in [1.82, 2.24) is 9.55 Å². The first-order chi connectivity index (χ1) is 9.15. The van der Waals surface area contributed by atoms with Gasteiger partial charge >= 0.3 is 5.69 Å². The fourth-order valence-corrected chi connectivity index (χ4v) is 1.95. The van der Waals surface area contributed by atoms with Gasteiger partial charge in [-0.1, -0.05) is 11.8 Å². The molecule has 0 spiro atoms. The molecular weight excluding hydrogens is 252 g/mol. The molecule has 1 aromatic rings. The van der Waals surface area contributed by atoms with Crippen LogP contribution in [0.4, 0.5) is 0 Å². The molecule has 0 bridgehead atoms. The summed E-state index contributed by atoms with van der Waals surface area (Å²) in [5.41, 5.74) is -1.09. The second-order valence-electron chi connectivity index (χ2n) is 4.14. The zero-order valence-electron chi connectivity index (χ0n) is 10.1. The Hall–Kier alpha value is -1.88. The van der Waals surface area contributed by atoms with Gasteiger partial charge in [-0.25, -0.2) is 4.79 Å². The summed E-state index contributed by atoms with van der Waals surface area (Å²) in [7, 11) is 0. The van der Waals surface area contributed by atoms with Crippen molar-refractivity contribution in [2.24, 2.45) is 0 Å². The van der Waals surface area contributed by atoms with Gasteiger partial charge in [0, 0.05) is 6.20 Å². The lowest BCUT2D eigenvalue weighted by Crippen LogP contribution is -2.33. The maximum atomic E-state index is 11.7. The van der Waals surface area contributed by atoms with E-state index < -0.39 is 17.5 Å². The fraction of sp³-hybridized carbons (Fsp3) is 0.500. The number of hydrogen-bond acceptors (Lipinski definition) is 5. The fourth-order valence-electron chi connectivity index (χ4n) is 1.95. The molecule has 1 saturated heterocycles. The largest absolute Gasteiger partial charge is 0.394 e. The summed E-state index contributed by atoms with van der Waals surface area (Å²) in [6, 6.07) is 0. The normalized spacial score (nSPS) is 22.0. The molecular formula is C12H14N2O5. The van der Waals surface area contributed by atoms with Gasteiger partial charge in [-0.2, -0.15) is 0 Å². The van der Waals surface area contributed by atoms with Gasteiger partial charge in [-0.15, -0.1) is 0 Å². The van der Waals surface area contributed by atoms with Crippen molar-refractivity contribution in [3.8, 4) is 11.8 Å². The van der Waals surface area contributed by atoms with Crippen molar-refractivity contribution in [2.75, 3.05) is 13.2 Å². The van der Waals surface area contributed by atoms with E-state index >= 15 is 0 Å². The number of H-pyrrole nitrogens is 1. The minimum absolute atomic E-state index is 0.0877. The standard InChI is InChI=1S/C12H14N2O5/c15-5-1-2-8-6-14(12(18)13-11(8)17)10-4-3-9(7-16)19-10/h6,9-10,15-16H,3-5,7H2,(H,13,17,18)/t9-,10+/m0/s1. The Morgan fingerprint density at radius 2 is 2.21 bits per heavy atom. The highest BCUT2D eigenvalue weighted by atomic mass is 16.5. The van der Waals surface area contributed by atoms with Crippen molar-refractivity contribution in [1.29, 1.82) is 0 Å². The summed E-state index contributed by atoms with van der Waals surface area (Å²) >= 11 is 0. The molecule has 0 amide bonds. The summed E-state index contributed by atoms with van der Waals surface area (Å²) in [6.45, 7) is -0.475. The van der Waals surface area contributed by atoms with Crippen LogP contribution in [-0.4, -0.2) is 39.1 Å². The quantitative estimate of drug-likeness (QED) is 0.568. The van der Waals surface area contributed by atoms with Gasteiger partial charge in [0.1, 0.15) is 18.4 Å². The number of ether oxygens (including phenoxy) is 1. The summed E-state index contributed by atoms with van der Waals surface area (Å²) in [5, 5.41) is 17.6. The molecule has 2 rings (SSSR count). The summed E-state index contributed by atoms with van der Waals surface area (Å²) < 4.78 is 6.72. The SMILES string of the molecule is O=c1[nH]c(=O)n([C@H]2CC[C@@H](CO)O2)cc1C#CCO. The van der Waals surface area contributed by atoms with Gasteiger partial charge in [0.05, 0.1) is 12.7 Å². The first kappa shape index (κ1) is 13.5. The third-order valence-corrected chi connectivity index (χ3v) is 2.87. The molecule has 7 nitrogen and oxygen atoms in total. The zero-order chi connectivity index (χ0) is 13.8. The third kappa shape index (κ3) is 2.93. The smallest absolute Gasteiger partial charge is 0.330 e. The van der Waals surface area contributed by atoms with Crippen LogP contribution in [0.2, 0.25) is 0 Å². The van der Waals surface area contributed by atoms with Crippen LogP contribution >= 0.6 is 0 Å². The minimum Gasteiger partial charge on any atom is -0.394 e. The van der Waals surface area contributed by atoms with Crippen molar-refractivity contribution in [3.05, 3.63) is 32.6 Å². The maximum absolute atomic E-state index is 11.7. The molecule has 2 atom stereocenters. The number of aliphatic hydroxyl groups is 2. The van der Waals surface area contributed by atoms with E-state index in [1.807, 2.05) is 0 Å². The van der Waals surface area contributed by atoms with Crippen LogP contribution in [0.5, 0.6) is 0 Å². The van der Waals surface area contributed by atoms with Gasteiger partial charge in [-0.3, -0.25) is 14.3 Å². The molecule has 2 heterocycles. The Bertz CT molecular complexity index is 621. The lowest BCUT2D eigenvalue weighted by molar-refractivity contribution is -0.0246. The topological polar surface area (TPSA) is 105 Å². The summed E-state index contributed by atoms with van der Waals surface area (Å²) in [5.74, 6) is 4.82. The van der Waals surface area contributed by atoms with Gasteiger partial charge in [0.25, 0.3) is 5.56 Å². The predicted molar refractivity (Wildman–Crippen MR) is 65.5 cm³/mol. The average Bonchev–Trinajstić information content (AvgIpc) is 2.86. The molecule has 1 aromatic heterocycles. The van der Waals surface area contributed by atoms with Crippen LogP contribution in [-0.2, 0) is 4.74 Å². The van der Waals surface area contributed by atoms with Crippen LogP contribution in [0.25, 0.3) is 0 Å². The monoisotopic (exact) mass is 266 g/mol. The van der Waals surface area contributed by atoms with Crippen LogP contribution in [0.3, 0.4) is 0 Å². The number of aromatic amines is 1. The number of rotatable bonds is 2. The van der Waals surface area contributed by atoms with Crippen LogP contribution in [0.15, 0.2) is 15.8 Å².